The predicted molar refractivity (Wildman–Crippen MR) is 82.0 cm³/mol. The molecular formula is C15H19FN4O. The van der Waals surface area contributed by atoms with Gasteiger partial charge in [0.25, 0.3) is 5.56 Å². The van der Waals surface area contributed by atoms with Crippen molar-refractivity contribution in [2.75, 3.05) is 23.7 Å². The Morgan fingerprint density at radius 3 is 2.57 bits per heavy atom. The number of nitrogen functional groups attached to an aromatic ring is 1. The number of hydrogen-bond acceptors (Lipinski definition) is 4. The van der Waals surface area contributed by atoms with Gasteiger partial charge in [0.05, 0.1) is 18.4 Å². The van der Waals surface area contributed by atoms with Crippen LogP contribution in [-0.2, 0) is 6.54 Å². The van der Waals surface area contributed by atoms with E-state index >= 15 is 0 Å². The molecule has 0 spiro atoms. The van der Waals surface area contributed by atoms with Crippen LogP contribution >= 0.6 is 0 Å². The maximum absolute atomic E-state index is 13.0. The zero-order chi connectivity index (χ0) is 15.4. The summed E-state index contributed by atoms with van der Waals surface area (Å²) < 4.78 is 14.3. The molecule has 1 aromatic heterocycles. The summed E-state index contributed by atoms with van der Waals surface area (Å²) in [5.41, 5.74) is 7.33. The molecule has 0 saturated heterocycles. The Bertz CT molecular complexity index is 680. The fraction of sp³-hybridized carbons (Fsp3) is 0.333. The summed E-state index contributed by atoms with van der Waals surface area (Å²) in [4.78, 5) is 14.2. The highest BCUT2D eigenvalue weighted by molar-refractivity contribution is 5.47. The molecule has 0 saturated carbocycles. The average molecular weight is 290 g/mol. The Labute approximate surface area is 122 Å². The van der Waals surface area contributed by atoms with E-state index in [1.165, 1.54) is 16.8 Å². The lowest BCUT2D eigenvalue weighted by atomic mass is 10.2. The summed E-state index contributed by atoms with van der Waals surface area (Å²) in [5, 5.41) is 4.17. The largest absolute Gasteiger partial charge is 0.398 e. The van der Waals surface area contributed by atoms with Crippen LogP contribution in [0.5, 0.6) is 0 Å². The van der Waals surface area contributed by atoms with Gasteiger partial charge >= 0.3 is 0 Å². The van der Waals surface area contributed by atoms with Crippen molar-refractivity contribution < 1.29 is 4.39 Å². The van der Waals surface area contributed by atoms with E-state index in [1.54, 1.807) is 18.3 Å². The summed E-state index contributed by atoms with van der Waals surface area (Å²) in [5.74, 6) is -0.395. The van der Waals surface area contributed by atoms with Crippen molar-refractivity contribution in [3.63, 3.8) is 0 Å². The van der Waals surface area contributed by atoms with Gasteiger partial charge in [-0.2, -0.15) is 5.10 Å². The fourth-order valence-corrected chi connectivity index (χ4v) is 2.18. The quantitative estimate of drug-likeness (QED) is 0.854. The van der Waals surface area contributed by atoms with E-state index in [-0.39, 0.29) is 12.1 Å². The van der Waals surface area contributed by atoms with Gasteiger partial charge in [-0.3, -0.25) is 4.79 Å². The number of nitrogens with zero attached hydrogens (tertiary/aromatic N) is 3. The highest BCUT2D eigenvalue weighted by Crippen LogP contribution is 2.14. The first-order chi connectivity index (χ1) is 10.0. The van der Waals surface area contributed by atoms with Crippen molar-refractivity contribution in [1.82, 2.24) is 9.78 Å². The molecule has 2 N–H and O–H groups in total. The summed E-state index contributed by atoms with van der Waals surface area (Å²) in [6, 6.07) is 5.68. The van der Waals surface area contributed by atoms with Gasteiger partial charge in [-0.1, -0.05) is 6.07 Å². The second-order valence-corrected chi connectivity index (χ2v) is 4.73. The minimum absolute atomic E-state index is 0.205. The SMILES string of the molecule is CCN(CC)c1cnn(Cc2ccc(F)cc2N)c(=O)c1. The van der Waals surface area contributed by atoms with Crippen molar-refractivity contribution in [2.45, 2.75) is 20.4 Å². The fourth-order valence-electron chi connectivity index (χ4n) is 2.18. The zero-order valence-corrected chi connectivity index (χ0v) is 12.2. The van der Waals surface area contributed by atoms with Crippen molar-refractivity contribution >= 4 is 11.4 Å². The molecule has 1 heterocycles. The number of anilines is 2. The monoisotopic (exact) mass is 290 g/mol. The van der Waals surface area contributed by atoms with Gasteiger partial charge in [-0.15, -0.1) is 0 Å². The Hall–Kier alpha value is -2.37. The van der Waals surface area contributed by atoms with Crippen molar-refractivity contribution in [2.24, 2.45) is 0 Å². The Morgan fingerprint density at radius 1 is 1.29 bits per heavy atom. The summed E-state index contributed by atoms with van der Waals surface area (Å²) in [6.45, 7) is 5.89. The van der Waals surface area contributed by atoms with E-state index in [9.17, 15) is 9.18 Å². The van der Waals surface area contributed by atoms with E-state index < -0.39 is 5.82 Å². The van der Waals surface area contributed by atoms with Crippen LogP contribution in [-0.4, -0.2) is 22.9 Å². The third kappa shape index (κ3) is 3.39. The standard InChI is InChI=1S/C15H19FN4O/c1-3-19(4-2)13-8-15(21)20(18-9-13)10-11-5-6-12(16)7-14(11)17/h5-9H,3-4,10,17H2,1-2H3. The normalized spacial score (nSPS) is 10.6. The lowest BCUT2D eigenvalue weighted by Crippen LogP contribution is -2.28. The molecule has 0 unspecified atom stereocenters. The van der Waals surface area contributed by atoms with E-state index in [1.807, 2.05) is 18.7 Å². The van der Waals surface area contributed by atoms with Crippen LogP contribution in [0, 0.1) is 5.82 Å². The first-order valence-corrected chi connectivity index (χ1v) is 6.91. The predicted octanol–water partition coefficient (Wildman–Crippen LogP) is 1.86. The smallest absolute Gasteiger partial charge is 0.269 e. The second-order valence-electron chi connectivity index (χ2n) is 4.73. The third-order valence-electron chi connectivity index (χ3n) is 3.41. The molecule has 2 rings (SSSR count). The number of aromatic nitrogens is 2. The summed E-state index contributed by atoms with van der Waals surface area (Å²) in [6.07, 6.45) is 1.66. The average Bonchev–Trinajstić information content (AvgIpc) is 2.45. The van der Waals surface area contributed by atoms with Crippen LogP contribution < -0.4 is 16.2 Å². The molecule has 0 fully saturated rings. The molecule has 0 aliphatic carbocycles. The van der Waals surface area contributed by atoms with Gasteiger partial charge in [0.15, 0.2) is 0 Å². The number of hydrogen-bond donors (Lipinski definition) is 1. The maximum Gasteiger partial charge on any atom is 0.269 e. The molecule has 2 aromatic rings. The summed E-state index contributed by atoms with van der Waals surface area (Å²) in [7, 11) is 0. The molecule has 0 atom stereocenters. The zero-order valence-electron chi connectivity index (χ0n) is 12.2. The minimum atomic E-state index is -0.395. The molecule has 5 nitrogen and oxygen atoms in total. The summed E-state index contributed by atoms with van der Waals surface area (Å²) >= 11 is 0. The Kier molecular flexibility index (Phi) is 4.57. The van der Waals surface area contributed by atoms with Crippen molar-refractivity contribution in [1.29, 1.82) is 0 Å². The lowest BCUT2D eigenvalue weighted by molar-refractivity contribution is 0.619. The first-order valence-electron chi connectivity index (χ1n) is 6.91. The van der Waals surface area contributed by atoms with Crippen LogP contribution in [0.4, 0.5) is 15.8 Å². The van der Waals surface area contributed by atoms with Crippen molar-refractivity contribution in [3.8, 4) is 0 Å². The molecule has 0 radical (unpaired) electrons. The molecular weight excluding hydrogens is 271 g/mol. The van der Waals surface area contributed by atoms with Crippen LogP contribution in [0.1, 0.15) is 19.4 Å². The van der Waals surface area contributed by atoms with Crippen LogP contribution in [0.2, 0.25) is 0 Å². The Morgan fingerprint density at radius 2 is 2.00 bits per heavy atom. The molecule has 0 amide bonds. The van der Waals surface area contributed by atoms with Crippen LogP contribution in [0.3, 0.4) is 0 Å². The second kappa shape index (κ2) is 6.39. The third-order valence-corrected chi connectivity index (χ3v) is 3.41. The van der Waals surface area contributed by atoms with Crippen molar-refractivity contribution in [3.05, 3.63) is 52.2 Å². The van der Waals surface area contributed by atoms with E-state index in [0.717, 1.165) is 18.8 Å². The molecule has 1 aromatic carbocycles. The van der Waals surface area contributed by atoms with Crippen LogP contribution in [0.25, 0.3) is 0 Å². The van der Waals surface area contributed by atoms with E-state index in [0.29, 0.717) is 11.3 Å². The lowest BCUT2D eigenvalue weighted by Gasteiger charge is -2.20. The minimum Gasteiger partial charge on any atom is -0.398 e. The molecule has 6 heteroatoms. The van der Waals surface area contributed by atoms with Gasteiger partial charge in [-0.05, 0) is 31.5 Å². The van der Waals surface area contributed by atoms with Gasteiger partial charge in [0, 0.05) is 24.8 Å². The Balaban J connectivity index is 2.27. The number of nitrogens with two attached hydrogens (primary N) is 1. The van der Waals surface area contributed by atoms with Gasteiger partial charge < -0.3 is 10.6 Å². The first kappa shape index (κ1) is 15.0. The molecule has 21 heavy (non-hydrogen) atoms. The van der Waals surface area contributed by atoms with Crippen LogP contribution in [0.15, 0.2) is 35.3 Å². The topological polar surface area (TPSA) is 64.2 Å². The maximum atomic E-state index is 13.0. The van der Waals surface area contributed by atoms with Gasteiger partial charge in [-0.25, -0.2) is 9.07 Å². The van der Waals surface area contributed by atoms with Gasteiger partial charge in [0.1, 0.15) is 5.82 Å². The highest BCUT2D eigenvalue weighted by Gasteiger charge is 2.07. The molecule has 112 valence electrons. The number of rotatable bonds is 5. The number of halogens is 1. The molecule has 0 aliphatic heterocycles. The number of benzene rings is 1. The van der Waals surface area contributed by atoms with E-state index in [2.05, 4.69) is 5.10 Å². The van der Waals surface area contributed by atoms with E-state index in [4.69, 9.17) is 5.73 Å². The molecule has 0 bridgehead atoms. The van der Waals surface area contributed by atoms with Gasteiger partial charge in [0.2, 0.25) is 0 Å². The molecule has 0 aliphatic rings. The highest BCUT2D eigenvalue weighted by atomic mass is 19.1.